The van der Waals surface area contributed by atoms with Crippen LogP contribution in [0.5, 0.6) is 0 Å². The molecule has 1 aliphatic heterocycles. The lowest BCUT2D eigenvalue weighted by Crippen LogP contribution is -2.29. The quantitative estimate of drug-likeness (QED) is 0.838. The Morgan fingerprint density at radius 1 is 1.08 bits per heavy atom. The summed E-state index contributed by atoms with van der Waals surface area (Å²) in [6.45, 7) is 2.98. The molecular weight excluding hydrogens is 341 g/mol. The van der Waals surface area contributed by atoms with Gasteiger partial charge in [0.05, 0.1) is 17.3 Å². The number of aryl methyl sites for hydroxylation is 1. The number of piperidine rings is 1. The molecule has 4 nitrogen and oxygen atoms in total. The largest absolute Gasteiger partial charge is 0.391 e. The van der Waals surface area contributed by atoms with Crippen LogP contribution in [0, 0.1) is 12.8 Å². The Bertz CT molecular complexity index is 769. The van der Waals surface area contributed by atoms with Crippen molar-refractivity contribution in [3.05, 3.63) is 29.2 Å². The van der Waals surface area contributed by atoms with Gasteiger partial charge in [0.15, 0.2) is 5.65 Å². The third-order valence-corrected chi connectivity index (χ3v) is 5.88. The SMILES string of the molecule is Cc1cc(C2CCCCN2)n2nc(C3CCC(C(F)(F)F)CC3)cc2n1. The molecule has 26 heavy (non-hydrogen) atoms. The van der Waals surface area contributed by atoms with Crippen LogP contribution in [0.2, 0.25) is 0 Å². The van der Waals surface area contributed by atoms with E-state index in [0.29, 0.717) is 12.8 Å². The molecule has 0 bridgehead atoms. The number of hydrogen-bond acceptors (Lipinski definition) is 3. The molecule has 7 heteroatoms. The molecule has 0 radical (unpaired) electrons. The molecule has 0 aromatic carbocycles. The van der Waals surface area contributed by atoms with E-state index >= 15 is 0 Å². The number of halogens is 3. The Morgan fingerprint density at radius 3 is 2.50 bits per heavy atom. The van der Waals surface area contributed by atoms with Gasteiger partial charge in [-0.1, -0.05) is 6.42 Å². The molecule has 1 atom stereocenters. The van der Waals surface area contributed by atoms with Gasteiger partial charge in [-0.15, -0.1) is 0 Å². The fraction of sp³-hybridized carbons (Fsp3) is 0.684. The molecule has 2 aromatic rings. The van der Waals surface area contributed by atoms with Crippen molar-refractivity contribution in [3.63, 3.8) is 0 Å². The van der Waals surface area contributed by atoms with Crippen molar-refractivity contribution in [2.45, 2.75) is 70.0 Å². The third kappa shape index (κ3) is 3.46. The van der Waals surface area contributed by atoms with E-state index in [1.54, 1.807) is 0 Å². The zero-order valence-corrected chi connectivity index (χ0v) is 15.0. The Hall–Kier alpha value is -1.63. The number of aromatic nitrogens is 3. The highest BCUT2D eigenvalue weighted by atomic mass is 19.4. The molecule has 1 unspecified atom stereocenters. The van der Waals surface area contributed by atoms with E-state index in [1.807, 2.05) is 17.5 Å². The van der Waals surface area contributed by atoms with Crippen LogP contribution in [0.15, 0.2) is 12.1 Å². The number of fused-ring (bicyclic) bond motifs is 1. The average molecular weight is 366 g/mol. The van der Waals surface area contributed by atoms with Crippen molar-refractivity contribution in [1.29, 1.82) is 0 Å². The van der Waals surface area contributed by atoms with E-state index in [0.717, 1.165) is 35.7 Å². The van der Waals surface area contributed by atoms with E-state index in [-0.39, 0.29) is 24.8 Å². The van der Waals surface area contributed by atoms with Gasteiger partial charge in [-0.25, -0.2) is 9.50 Å². The number of hydrogen-bond donors (Lipinski definition) is 1. The minimum Gasteiger partial charge on any atom is -0.309 e. The molecule has 2 aliphatic rings. The average Bonchev–Trinajstić information content (AvgIpc) is 3.05. The van der Waals surface area contributed by atoms with Crippen LogP contribution in [0.25, 0.3) is 5.65 Å². The van der Waals surface area contributed by atoms with Crippen LogP contribution in [-0.4, -0.2) is 27.3 Å². The topological polar surface area (TPSA) is 42.2 Å². The molecule has 3 heterocycles. The maximum absolute atomic E-state index is 12.9. The van der Waals surface area contributed by atoms with Gasteiger partial charge in [0, 0.05) is 23.7 Å². The Kier molecular flexibility index (Phi) is 4.67. The van der Waals surface area contributed by atoms with Crippen molar-refractivity contribution < 1.29 is 13.2 Å². The van der Waals surface area contributed by atoms with Gasteiger partial charge in [-0.3, -0.25) is 0 Å². The second-order valence-electron chi connectivity index (χ2n) is 7.75. The van der Waals surface area contributed by atoms with E-state index < -0.39 is 12.1 Å². The summed E-state index contributed by atoms with van der Waals surface area (Å²) in [6.07, 6.45) is 0.880. The van der Waals surface area contributed by atoms with Gasteiger partial charge in [0.1, 0.15) is 0 Å². The summed E-state index contributed by atoms with van der Waals surface area (Å²) in [5.41, 5.74) is 3.76. The van der Waals surface area contributed by atoms with Crippen LogP contribution in [0.3, 0.4) is 0 Å². The van der Waals surface area contributed by atoms with Crippen molar-refractivity contribution in [2.24, 2.45) is 5.92 Å². The van der Waals surface area contributed by atoms with Gasteiger partial charge >= 0.3 is 6.18 Å². The highest BCUT2D eigenvalue weighted by Gasteiger charge is 2.42. The maximum Gasteiger partial charge on any atom is 0.391 e. The normalized spacial score (nSPS) is 27.8. The van der Waals surface area contributed by atoms with Gasteiger partial charge in [0.2, 0.25) is 0 Å². The minimum atomic E-state index is -4.07. The Balaban J connectivity index is 1.60. The molecule has 2 fully saturated rings. The van der Waals surface area contributed by atoms with Crippen molar-refractivity contribution in [1.82, 2.24) is 19.9 Å². The predicted octanol–water partition coefficient (Wildman–Crippen LogP) is 4.69. The summed E-state index contributed by atoms with van der Waals surface area (Å²) in [4.78, 5) is 4.59. The molecule has 1 saturated carbocycles. The lowest BCUT2D eigenvalue weighted by atomic mass is 9.80. The molecule has 142 valence electrons. The van der Waals surface area contributed by atoms with E-state index in [4.69, 9.17) is 5.10 Å². The summed E-state index contributed by atoms with van der Waals surface area (Å²) in [6, 6.07) is 4.31. The zero-order chi connectivity index (χ0) is 18.3. The van der Waals surface area contributed by atoms with Crippen molar-refractivity contribution in [3.8, 4) is 0 Å². The molecule has 1 N–H and O–H groups in total. The zero-order valence-electron chi connectivity index (χ0n) is 15.0. The second kappa shape index (κ2) is 6.83. The lowest BCUT2D eigenvalue weighted by molar-refractivity contribution is -0.182. The van der Waals surface area contributed by atoms with Gasteiger partial charge in [0.25, 0.3) is 0 Å². The standard InChI is InChI=1S/C19H25F3N4/c1-12-10-17(15-4-2-3-9-23-15)26-18(24-12)11-16(25-26)13-5-7-14(8-6-13)19(20,21)22/h10-11,13-15,23H,2-9H2,1H3. The fourth-order valence-corrected chi connectivity index (χ4v) is 4.42. The number of nitrogens with zero attached hydrogens (tertiary/aromatic N) is 3. The molecule has 1 aliphatic carbocycles. The minimum absolute atomic E-state index is 0.0998. The van der Waals surface area contributed by atoms with Crippen LogP contribution >= 0.6 is 0 Å². The summed E-state index contributed by atoms with van der Waals surface area (Å²) in [7, 11) is 0. The highest BCUT2D eigenvalue weighted by Crippen LogP contribution is 2.42. The number of rotatable bonds is 2. The molecule has 1 saturated heterocycles. The first-order chi connectivity index (χ1) is 12.4. The first-order valence-electron chi connectivity index (χ1n) is 9.59. The summed E-state index contributed by atoms with van der Waals surface area (Å²) in [5.74, 6) is -1.05. The molecule has 0 spiro atoms. The smallest absolute Gasteiger partial charge is 0.309 e. The van der Waals surface area contributed by atoms with Gasteiger partial charge in [-0.2, -0.15) is 18.3 Å². The molecular formula is C19H25F3N4. The van der Waals surface area contributed by atoms with Gasteiger partial charge in [-0.05, 0) is 58.1 Å². The first-order valence-corrected chi connectivity index (χ1v) is 9.59. The lowest BCUT2D eigenvalue weighted by Gasteiger charge is -2.28. The van der Waals surface area contributed by atoms with Crippen LogP contribution in [-0.2, 0) is 0 Å². The van der Waals surface area contributed by atoms with E-state index in [1.165, 1.54) is 12.8 Å². The summed E-state index contributed by atoms with van der Waals surface area (Å²) >= 11 is 0. The van der Waals surface area contributed by atoms with Crippen LogP contribution in [0.1, 0.15) is 74.0 Å². The monoisotopic (exact) mass is 366 g/mol. The third-order valence-electron chi connectivity index (χ3n) is 5.88. The number of nitrogens with one attached hydrogen (secondary N) is 1. The van der Waals surface area contributed by atoms with Crippen molar-refractivity contribution in [2.75, 3.05) is 6.54 Å². The Labute approximate surface area is 151 Å². The van der Waals surface area contributed by atoms with Gasteiger partial charge < -0.3 is 5.32 Å². The molecule has 4 rings (SSSR count). The molecule has 2 aromatic heterocycles. The maximum atomic E-state index is 12.9. The second-order valence-corrected chi connectivity index (χ2v) is 7.75. The first kappa shape index (κ1) is 17.8. The summed E-state index contributed by atoms with van der Waals surface area (Å²) < 4.78 is 40.6. The predicted molar refractivity (Wildman–Crippen MR) is 93.1 cm³/mol. The Morgan fingerprint density at radius 2 is 1.85 bits per heavy atom. The van der Waals surface area contributed by atoms with Crippen molar-refractivity contribution >= 4 is 5.65 Å². The highest BCUT2D eigenvalue weighted by molar-refractivity contribution is 5.43. The van der Waals surface area contributed by atoms with E-state index in [2.05, 4.69) is 16.4 Å². The van der Waals surface area contributed by atoms with E-state index in [9.17, 15) is 13.2 Å². The number of alkyl halides is 3. The summed E-state index contributed by atoms with van der Waals surface area (Å²) in [5, 5.41) is 8.33. The fourth-order valence-electron chi connectivity index (χ4n) is 4.42. The van der Waals surface area contributed by atoms with Crippen LogP contribution < -0.4 is 5.32 Å². The molecule has 0 amide bonds. The van der Waals surface area contributed by atoms with Crippen LogP contribution in [0.4, 0.5) is 13.2 Å².